The van der Waals surface area contributed by atoms with E-state index in [9.17, 15) is 0 Å². The van der Waals surface area contributed by atoms with Gasteiger partial charge in [-0.1, -0.05) is 76.1 Å². The minimum absolute atomic E-state index is 0.0207. The minimum atomic E-state index is -0.0207. The van der Waals surface area contributed by atoms with Gasteiger partial charge in [0.2, 0.25) is 0 Å². The molecule has 4 heteroatoms. The average molecular weight is 535 g/mol. The highest BCUT2D eigenvalue weighted by atomic mass is 16.5. The lowest BCUT2D eigenvalue weighted by atomic mass is 9.61. The van der Waals surface area contributed by atoms with E-state index in [1.165, 1.54) is 62.5 Å². The lowest BCUT2D eigenvalue weighted by molar-refractivity contribution is 0.240. The average Bonchev–Trinajstić information content (AvgIpc) is 2.99. The van der Waals surface area contributed by atoms with Crippen LogP contribution in [0, 0.1) is 5.92 Å². The van der Waals surface area contributed by atoms with Crippen LogP contribution in [0.15, 0.2) is 97.1 Å². The predicted molar refractivity (Wildman–Crippen MR) is 166 cm³/mol. The highest BCUT2D eigenvalue weighted by Crippen LogP contribution is 2.49. The van der Waals surface area contributed by atoms with E-state index in [-0.39, 0.29) is 5.41 Å². The molecule has 1 aliphatic rings. The Morgan fingerprint density at radius 3 is 1.52 bits per heavy atom. The van der Waals surface area contributed by atoms with Crippen LogP contribution in [0.4, 0.5) is 11.4 Å². The van der Waals surface area contributed by atoms with Crippen LogP contribution in [0.25, 0.3) is 0 Å². The van der Waals surface area contributed by atoms with Gasteiger partial charge in [0, 0.05) is 16.8 Å². The van der Waals surface area contributed by atoms with Crippen molar-refractivity contribution in [2.75, 3.05) is 11.5 Å². The maximum absolute atomic E-state index is 6.11. The van der Waals surface area contributed by atoms with Gasteiger partial charge in [-0.25, -0.2) is 0 Å². The van der Waals surface area contributed by atoms with Crippen LogP contribution in [0.2, 0.25) is 0 Å². The Morgan fingerprint density at radius 1 is 0.625 bits per heavy atom. The Bertz CT molecular complexity index is 1240. The van der Waals surface area contributed by atoms with Crippen LogP contribution in [0.3, 0.4) is 0 Å². The van der Waals surface area contributed by atoms with Crippen molar-refractivity contribution < 1.29 is 9.47 Å². The summed E-state index contributed by atoms with van der Waals surface area (Å²) in [6.07, 6.45) is 11.5. The molecule has 4 nitrogen and oxygen atoms in total. The number of rotatable bonds is 11. The topological polar surface area (TPSA) is 70.5 Å². The van der Waals surface area contributed by atoms with Crippen molar-refractivity contribution >= 4 is 11.4 Å². The summed E-state index contributed by atoms with van der Waals surface area (Å²) in [6.45, 7) is 2.28. The molecule has 208 valence electrons. The number of ether oxygens (including phenoxy) is 2. The number of nitrogen functional groups attached to an aromatic ring is 2. The van der Waals surface area contributed by atoms with E-state index in [1.807, 2.05) is 48.5 Å². The van der Waals surface area contributed by atoms with E-state index in [4.69, 9.17) is 20.9 Å². The lowest BCUT2D eigenvalue weighted by Crippen LogP contribution is -2.34. The van der Waals surface area contributed by atoms with Crippen molar-refractivity contribution in [3.05, 3.63) is 108 Å². The molecule has 4 N–H and O–H groups in total. The summed E-state index contributed by atoms with van der Waals surface area (Å²) < 4.78 is 12.2. The molecule has 40 heavy (non-hydrogen) atoms. The van der Waals surface area contributed by atoms with Crippen LogP contribution in [0.1, 0.15) is 75.8 Å². The quantitative estimate of drug-likeness (QED) is 0.148. The molecule has 1 aliphatic carbocycles. The van der Waals surface area contributed by atoms with Crippen molar-refractivity contribution in [2.24, 2.45) is 5.92 Å². The number of benzene rings is 4. The second-order valence-corrected chi connectivity index (χ2v) is 11.3. The lowest BCUT2D eigenvalue weighted by Gasteiger charge is -2.42. The largest absolute Gasteiger partial charge is 0.457 e. The van der Waals surface area contributed by atoms with Gasteiger partial charge in [-0.2, -0.15) is 0 Å². The molecule has 0 aliphatic heterocycles. The number of hydrogen-bond acceptors (Lipinski definition) is 4. The summed E-state index contributed by atoms with van der Waals surface area (Å²) in [5.41, 5.74) is 15.8. The van der Waals surface area contributed by atoms with E-state index in [1.54, 1.807) is 0 Å². The maximum atomic E-state index is 6.11. The Balaban J connectivity index is 1.39. The Kier molecular flexibility index (Phi) is 8.95. The van der Waals surface area contributed by atoms with E-state index in [2.05, 4.69) is 55.5 Å². The van der Waals surface area contributed by atoms with Crippen LogP contribution < -0.4 is 20.9 Å². The first-order valence-electron chi connectivity index (χ1n) is 14.8. The van der Waals surface area contributed by atoms with Crippen LogP contribution in [0.5, 0.6) is 23.0 Å². The first-order chi connectivity index (χ1) is 19.5. The van der Waals surface area contributed by atoms with Gasteiger partial charge in [0.25, 0.3) is 0 Å². The van der Waals surface area contributed by atoms with Crippen molar-refractivity contribution in [1.29, 1.82) is 0 Å². The molecule has 4 aromatic carbocycles. The third-order valence-corrected chi connectivity index (χ3v) is 8.36. The molecule has 1 saturated carbocycles. The first kappa shape index (κ1) is 27.6. The molecule has 0 spiro atoms. The van der Waals surface area contributed by atoms with Crippen molar-refractivity contribution in [3.63, 3.8) is 0 Å². The Hall–Kier alpha value is -3.92. The molecule has 5 rings (SSSR count). The summed E-state index contributed by atoms with van der Waals surface area (Å²) >= 11 is 0. The van der Waals surface area contributed by atoms with Gasteiger partial charge < -0.3 is 20.9 Å². The normalized spacial score (nSPS) is 16.4. The van der Waals surface area contributed by atoms with Gasteiger partial charge in [-0.15, -0.1) is 0 Å². The molecule has 0 radical (unpaired) electrons. The third-order valence-electron chi connectivity index (χ3n) is 8.36. The van der Waals surface area contributed by atoms with E-state index >= 15 is 0 Å². The van der Waals surface area contributed by atoms with Gasteiger partial charge in [0.1, 0.15) is 23.0 Å². The second kappa shape index (κ2) is 13.0. The Labute approximate surface area is 239 Å². The van der Waals surface area contributed by atoms with E-state index < -0.39 is 0 Å². The molecule has 0 saturated heterocycles. The fourth-order valence-corrected chi connectivity index (χ4v) is 6.21. The fourth-order valence-electron chi connectivity index (χ4n) is 6.21. The number of nitrogens with two attached hydrogens (primary N) is 2. The smallest absolute Gasteiger partial charge is 0.127 e. The van der Waals surface area contributed by atoms with Crippen LogP contribution >= 0.6 is 0 Å². The maximum Gasteiger partial charge on any atom is 0.127 e. The standard InChI is InChI=1S/C36H42N2O2/c1-2-3-4-5-7-27-8-6-25-36(26-27,28-9-17-32(18-10-28)39-34-21-13-30(37)14-22-34)29-11-19-33(20-12-29)40-35-23-15-31(38)16-24-35/h9-24,27H,2-8,25-26,37-38H2,1H3. The fraction of sp³-hybridized carbons (Fsp3) is 0.333. The monoisotopic (exact) mass is 534 g/mol. The Morgan fingerprint density at radius 2 is 1.07 bits per heavy atom. The minimum Gasteiger partial charge on any atom is -0.457 e. The zero-order valence-electron chi connectivity index (χ0n) is 23.7. The van der Waals surface area contributed by atoms with Crippen LogP contribution in [-0.4, -0.2) is 0 Å². The molecule has 0 aromatic heterocycles. The summed E-state index contributed by atoms with van der Waals surface area (Å²) in [4.78, 5) is 0. The summed E-state index contributed by atoms with van der Waals surface area (Å²) in [5.74, 6) is 3.99. The van der Waals surface area contributed by atoms with Crippen molar-refractivity contribution in [3.8, 4) is 23.0 Å². The van der Waals surface area contributed by atoms with Gasteiger partial charge in [0.15, 0.2) is 0 Å². The zero-order valence-corrected chi connectivity index (χ0v) is 23.7. The summed E-state index contributed by atoms with van der Waals surface area (Å²) in [5, 5.41) is 0. The third kappa shape index (κ3) is 6.80. The van der Waals surface area contributed by atoms with Crippen LogP contribution in [-0.2, 0) is 5.41 Å². The first-order valence-corrected chi connectivity index (χ1v) is 14.8. The predicted octanol–water partition coefficient (Wildman–Crippen LogP) is 9.88. The zero-order chi connectivity index (χ0) is 27.8. The molecule has 1 atom stereocenters. The van der Waals surface area contributed by atoms with Gasteiger partial charge in [-0.3, -0.25) is 0 Å². The van der Waals surface area contributed by atoms with E-state index in [0.717, 1.165) is 46.7 Å². The molecule has 0 amide bonds. The van der Waals surface area contributed by atoms with Crippen molar-refractivity contribution in [1.82, 2.24) is 0 Å². The molecule has 1 unspecified atom stereocenters. The highest BCUT2D eigenvalue weighted by Gasteiger charge is 2.39. The van der Waals surface area contributed by atoms with Gasteiger partial charge in [0.05, 0.1) is 0 Å². The molecule has 0 bridgehead atoms. The summed E-state index contributed by atoms with van der Waals surface area (Å²) in [6, 6.07) is 32.6. The molecular weight excluding hydrogens is 492 g/mol. The number of hydrogen-bond donors (Lipinski definition) is 2. The van der Waals surface area contributed by atoms with Crippen molar-refractivity contribution in [2.45, 2.75) is 70.1 Å². The second-order valence-electron chi connectivity index (χ2n) is 11.3. The summed E-state index contributed by atoms with van der Waals surface area (Å²) in [7, 11) is 0. The number of anilines is 2. The number of unbranched alkanes of at least 4 members (excludes halogenated alkanes) is 3. The molecule has 1 fully saturated rings. The molecular formula is C36H42N2O2. The highest BCUT2D eigenvalue weighted by molar-refractivity contribution is 5.47. The van der Waals surface area contributed by atoms with Gasteiger partial charge in [-0.05, 0) is 103 Å². The molecule has 4 aromatic rings. The van der Waals surface area contributed by atoms with Gasteiger partial charge >= 0.3 is 0 Å². The SMILES string of the molecule is CCCCCCC1CCCC(c2ccc(Oc3ccc(N)cc3)cc2)(c2ccc(Oc3ccc(N)cc3)cc2)C1. The molecule has 0 heterocycles. The van der Waals surface area contributed by atoms with E-state index in [0.29, 0.717) is 0 Å².